The number of rotatable bonds is 4. The van der Waals surface area contributed by atoms with E-state index in [1.54, 1.807) is 0 Å². The van der Waals surface area contributed by atoms with Gasteiger partial charge in [-0.25, -0.2) is 0 Å². The molecule has 3 unspecified atom stereocenters. The van der Waals surface area contributed by atoms with Crippen LogP contribution in [-0.2, 0) is 4.79 Å². The van der Waals surface area contributed by atoms with Gasteiger partial charge in [0.1, 0.15) is 0 Å². The molecule has 88 valence electrons. The molecule has 4 nitrogen and oxygen atoms in total. The summed E-state index contributed by atoms with van der Waals surface area (Å²) in [6, 6.07) is 0.645. The van der Waals surface area contributed by atoms with Gasteiger partial charge < -0.3 is 11.5 Å². The minimum absolute atomic E-state index is 0.130. The molecule has 1 heterocycles. The first kappa shape index (κ1) is 12.5. The molecule has 1 aliphatic heterocycles. The van der Waals surface area contributed by atoms with Crippen LogP contribution in [0.15, 0.2) is 0 Å². The first-order chi connectivity index (χ1) is 7.04. The van der Waals surface area contributed by atoms with Crippen molar-refractivity contribution in [2.75, 3.05) is 13.1 Å². The van der Waals surface area contributed by atoms with Gasteiger partial charge in [0.15, 0.2) is 0 Å². The van der Waals surface area contributed by atoms with E-state index in [4.69, 9.17) is 11.5 Å². The minimum Gasteiger partial charge on any atom is -0.370 e. The number of carbonyl (C=O) groups is 1. The van der Waals surface area contributed by atoms with Gasteiger partial charge in [0, 0.05) is 25.0 Å². The summed E-state index contributed by atoms with van der Waals surface area (Å²) < 4.78 is 0. The first-order valence-corrected chi connectivity index (χ1v) is 5.78. The summed E-state index contributed by atoms with van der Waals surface area (Å²) in [5.41, 5.74) is 10.9. The summed E-state index contributed by atoms with van der Waals surface area (Å²) in [5, 5.41) is 0. The van der Waals surface area contributed by atoms with Crippen LogP contribution >= 0.6 is 0 Å². The molecule has 0 bridgehead atoms. The lowest BCUT2D eigenvalue weighted by molar-refractivity contribution is -0.119. The molecule has 0 saturated carbocycles. The molecule has 1 aliphatic rings. The number of piperidine rings is 1. The van der Waals surface area contributed by atoms with Gasteiger partial charge >= 0.3 is 0 Å². The topological polar surface area (TPSA) is 72.3 Å². The van der Waals surface area contributed by atoms with Crippen molar-refractivity contribution in [3.8, 4) is 0 Å². The third kappa shape index (κ3) is 3.47. The van der Waals surface area contributed by atoms with Crippen LogP contribution in [0.25, 0.3) is 0 Å². The Hall–Kier alpha value is -0.610. The van der Waals surface area contributed by atoms with Gasteiger partial charge in [0.2, 0.25) is 5.91 Å². The quantitative estimate of drug-likeness (QED) is 0.706. The summed E-state index contributed by atoms with van der Waals surface area (Å²) in [6.07, 6.45) is 2.77. The average Bonchev–Trinajstić information content (AvgIpc) is 2.14. The molecule has 3 atom stereocenters. The van der Waals surface area contributed by atoms with E-state index in [2.05, 4.69) is 18.7 Å². The van der Waals surface area contributed by atoms with Crippen molar-refractivity contribution in [3.63, 3.8) is 0 Å². The fraction of sp³-hybridized carbons (Fsp3) is 0.909. The van der Waals surface area contributed by atoms with Gasteiger partial charge in [-0.2, -0.15) is 0 Å². The van der Waals surface area contributed by atoms with Gasteiger partial charge in [-0.3, -0.25) is 9.69 Å². The molecule has 0 spiro atoms. The number of nitrogens with zero attached hydrogens (tertiary/aromatic N) is 1. The maximum atomic E-state index is 10.9. The molecule has 4 N–H and O–H groups in total. The maximum absolute atomic E-state index is 10.9. The lowest BCUT2D eigenvalue weighted by Crippen LogP contribution is -2.50. The van der Waals surface area contributed by atoms with Crippen molar-refractivity contribution in [2.45, 2.75) is 45.2 Å². The normalized spacial score (nSPS) is 30.1. The number of hydrogen-bond acceptors (Lipinski definition) is 3. The van der Waals surface area contributed by atoms with Crippen LogP contribution in [0.2, 0.25) is 0 Å². The van der Waals surface area contributed by atoms with Gasteiger partial charge in [-0.15, -0.1) is 0 Å². The number of amides is 1. The van der Waals surface area contributed by atoms with Crippen molar-refractivity contribution >= 4 is 5.91 Å². The van der Waals surface area contributed by atoms with Gasteiger partial charge in [-0.1, -0.05) is 6.92 Å². The Morgan fingerprint density at radius 1 is 1.53 bits per heavy atom. The van der Waals surface area contributed by atoms with Crippen LogP contribution in [0.3, 0.4) is 0 Å². The first-order valence-electron chi connectivity index (χ1n) is 5.78. The van der Waals surface area contributed by atoms with E-state index in [0.29, 0.717) is 19.0 Å². The highest BCUT2D eigenvalue weighted by Gasteiger charge is 2.28. The number of nitrogens with two attached hydrogens (primary N) is 2. The van der Waals surface area contributed by atoms with Crippen molar-refractivity contribution < 1.29 is 4.79 Å². The fourth-order valence-electron chi connectivity index (χ4n) is 2.54. The molecular formula is C11H23N3O. The number of hydrogen-bond donors (Lipinski definition) is 2. The molecule has 0 aromatic carbocycles. The summed E-state index contributed by atoms with van der Waals surface area (Å²) in [4.78, 5) is 13.3. The molecule has 15 heavy (non-hydrogen) atoms. The molecule has 0 aromatic heterocycles. The highest BCUT2D eigenvalue weighted by molar-refractivity contribution is 5.74. The summed E-state index contributed by atoms with van der Waals surface area (Å²) >= 11 is 0. The molecule has 1 saturated heterocycles. The third-order valence-electron chi connectivity index (χ3n) is 3.37. The van der Waals surface area contributed by atoms with Gasteiger partial charge in [-0.05, 0) is 32.2 Å². The predicted octanol–water partition coefficient (Wildman–Crippen LogP) is 0.310. The molecule has 1 rings (SSSR count). The van der Waals surface area contributed by atoms with Crippen LogP contribution in [0.4, 0.5) is 0 Å². The standard InChI is InChI=1S/C11H23N3O/c1-8-3-4-14(9(2)5-8)10(7-12)6-11(13)15/h8-10H,3-7,12H2,1-2H3,(H2,13,15). The molecule has 1 fully saturated rings. The number of likely N-dealkylation sites (tertiary alicyclic amines) is 1. The van der Waals surface area contributed by atoms with Crippen LogP contribution in [0.5, 0.6) is 0 Å². The van der Waals surface area contributed by atoms with Crippen LogP contribution in [0, 0.1) is 5.92 Å². The molecule has 0 aliphatic carbocycles. The second kappa shape index (κ2) is 5.47. The van der Waals surface area contributed by atoms with E-state index < -0.39 is 0 Å². The van der Waals surface area contributed by atoms with E-state index in [9.17, 15) is 4.79 Å². The van der Waals surface area contributed by atoms with Crippen molar-refractivity contribution in [1.82, 2.24) is 4.90 Å². The molecule has 1 amide bonds. The van der Waals surface area contributed by atoms with Crippen LogP contribution < -0.4 is 11.5 Å². The van der Waals surface area contributed by atoms with Crippen LogP contribution in [-0.4, -0.2) is 36.0 Å². The predicted molar refractivity (Wildman–Crippen MR) is 61.2 cm³/mol. The molecular weight excluding hydrogens is 190 g/mol. The zero-order chi connectivity index (χ0) is 11.4. The van der Waals surface area contributed by atoms with E-state index in [0.717, 1.165) is 12.5 Å². The lowest BCUT2D eigenvalue weighted by atomic mass is 9.91. The Morgan fingerprint density at radius 3 is 2.67 bits per heavy atom. The van der Waals surface area contributed by atoms with E-state index in [1.165, 1.54) is 12.8 Å². The SMILES string of the molecule is CC1CCN(C(CN)CC(N)=O)C(C)C1. The Labute approximate surface area is 92.0 Å². The van der Waals surface area contributed by atoms with Crippen molar-refractivity contribution in [2.24, 2.45) is 17.4 Å². The van der Waals surface area contributed by atoms with Gasteiger partial charge in [0.05, 0.1) is 0 Å². The second-order valence-electron chi connectivity index (χ2n) is 4.78. The summed E-state index contributed by atoms with van der Waals surface area (Å²) in [5.74, 6) is 0.527. The lowest BCUT2D eigenvalue weighted by Gasteiger charge is -2.41. The Morgan fingerprint density at radius 2 is 2.20 bits per heavy atom. The van der Waals surface area contributed by atoms with E-state index in [1.807, 2.05) is 0 Å². The summed E-state index contributed by atoms with van der Waals surface area (Å²) in [6.45, 7) is 6.04. The number of carbonyl (C=O) groups excluding carboxylic acids is 1. The molecule has 4 heteroatoms. The Balaban J connectivity index is 2.55. The zero-order valence-electron chi connectivity index (χ0n) is 9.78. The molecule has 0 radical (unpaired) electrons. The molecule has 0 aromatic rings. The van der Waals surface area contributed by atoms with Gasteiger partial charge in [0.25, 0.3) is 0 Å². The monoisotopic (exact) mass is 213 g/mol. The van der Waals surface area contributed by atoms with E-state index >= 15 is 0 Å². The van der Waals surface area contributed by atoms with Crippen LogP contribution in [0.1, 0.15) is 33.1 Å². The Bertz CT molecular complexity index is 220. The zero-order valence-corrected chi connectivity index (χ0v) is 9.78. The average molecular weight is 213 g/mol. The third-order valence-corrected chi connectivity index (χ3v) is 3.37. The maximum Gasteiger partial charge on any atom is 0.219 e. The smallest absolute Gasteiger partial charge is 0.219 e. The Kier molecular flexibility index (Phi) is 4.54. The minimum atomic E-state index is -0.253. The van der Waals surface area contributed by atoms with Crippen molar-refractivity contribution in [1.29, 1.82) is 0 Å². The number of primary amides is 1. The highest BCUT2D eigenvalue weighted by atomic mass is 16.1. The van der Waals surface area contributed by atoms with E-state index in [-0.39, 0.29) is 11.9 Å². The van der Waals surface area contributed by atoms with Crippen molar-refractivity contribution in [3.05, 3.63) is 0 Å². The second-order valence-corrected chi connectivity index (χ2v) is 4.78. The fourth-order valence-corrected chi connectivity index (χ4v) is 2.54. The highest BCUT2D eigenvalue weighted by Crippen LogP contribution is 2.24. The summed E-state index contributed by atoms with van der Waals surface area (Å²) in [7, 11) is 0. The largest absolute Gasteiger partial charge is 0.370 e.